The molecule has 0 saturated carbocycles. The fourth-order valence-corrected chi connectivity index (χ4v) is 1.70. The fourth-order valence-electron chi connectivity index (χ4n) is 1.51. The number of benzene rings is 1. The van der Waals surface area contributed by atoms with Crippen molar-refractivity contribution >= 4 is 17.3 Å². The largest absolute Gasteiger partial charge is 0.381 e. The maximum absolute atomic E-state index is 5.91. The maximum Gasteiger partial charge on any atom is 0.0426 e. The zero-order chi connectivity index (χ0) is 11.3. The van der Waals surface area contributed by atoms with Gasteiger partial charge >= 0.3 is 0 Å². The summed E-state index contributed by atoms with van der Waals surface area (Å²) >= 11 is 5.91. The minimum atomic E-state index is 0.313. The van der Waals surface area contributed by atoms with Gasteiger partial charge in [-0.15, -0.1) is 0 Å². The Hall–Kier alpha value is -0.730. The molecule has 1 aromatic rings. The second-order valence-electron chi connectivity index (χ2n) is 3.88. The van der Waals surface area contributed by atoms with Gasteiger partial charge in [0.05, 0.1) is 0 Å². The highest BCUT2D eigenvalue weighted by molar-refractivity contribution is 6.30. The second kappa shape index (κ2) is 5.99. The maximum atomic E-state index is 5.91. The van der Waals surface area contributed by atoms with E-state index < -0.39 is 0 Å². The first-order chi connectivity index (χ1) is 7.17. The molecule has 2 atom stereocenters. The van der Waals surface area contributed by atoms with Crippen molar-refractivity contribution in [1.82, 2.24) is 0 Å². The predicted octanol–water partition coefficient (Wildman–Crippen LogP) is 3.13. The van der Waals surface area contributed by atoms with Crippen LogP contribution in [-0.2, 0) is 0 Å². The SMILES string of the molecule is CCC(C)C(CN)Nc1cccc(Cl)c1. The predicted molar refractivity (Wildman–Crippen MR) is 67.4 cm³/mol. The van der Waals surface area contributed by atoms with Crippen molar-refractivity contribution in [3.63, 3.8) is 0 Å². The van der Waals surface area contributed by atoms with E-state index in [0.29, 0.717) is 18.5 Å². The molecule has 0 heterocycles. The summed E-state index contributed by atoms with van der Waals surface area (Å²) in [6.07, 6.45) is 1.12. The first kappa shape index (κ1) is 12.3. The molecule has 0 aliphatic carbocycles. The highest BCUT2D eigenvalue weighted by Gasteiger charge is 2.13. The third kappa shape index (κ3) is 3.73. The van der Waals surface area contributed by atoms with Gasteiger partial charge in [0.2, 0.25) is 0 Å². The lowest BCUT2D eigenvalue weighted by molar-refractivity contribution is 0.474. The molecule has 84 valence electrons. The summed E-state index contributed by atoms with van der Waals surface area (Å²) in [6, 6.07) is 8.06. The first-order valence-corrected chi connectivity index (χ1v) is 5.77. The van der Waals surface area contributed by atoms with Crippen molar-refractivity contribution < 1.29 is 0 Å². The summed E-state index contributed by atoms with van der Waals surface area (Å²) < 4.78 is 0. The molecule has 1 aromatic carbocycles. The molecular formula is C12H19ClN2. The number of nitrogens with one attached hydrogen (secondary N) is 1. The normalized spacial score (nSPS) is 14.7. The average molecular weight is 227 g/mol. The molecule has 2 nitrogen and oxygen atoms in total. The van der Waals surface area contributed by atoms with E-state index in [1.165, 1.54) is 0 Å². The summed E-state index contributed by atoms with van der Waals surface area (Å²) in [5.41, 5.74) is 6.78. The molecule has 15 heavy (non-hydrogen) atoms. The van der Waals surface area contributed by atoms with Crippen molar-refractivity contribution in [3.05, 3.63) is 29.3 Å². The summed E-state index contributed by atoms with van der Waals surface area (Å²) in [4.78, 5) is 0. The number of hydrogen-bond donors (Lipinski definition) is 2. The summed E-state index contributed by atoms with van der Waals surface area (Å²) in [5.74, 6) is 0.564. The molecule has 3 heteroatoms. The molecule has 0 spiro atoms. The highest BCUT2D eigenvalue weighted by atomic mass is 35.5. The third-order valence-electron chi connectivity index (χ3n) is 2.76. The average Bonchev–Trinajstić information content (AvgIpc) is 2.25. The Morgan fingerprint density at radius 2 is 2.20 bits per heavy atom. The lowest BCUT2D eigenvalue weighted by atomic mass is 9.99. The van der Waals surface area contributed by atoms with Gasteiger partial charge in [-0.05, 0) is 24.1 Å². The van der Waals surface area contributed by atoms with Gasteiger partial charge in [0.15, 0.2) is 0 Å². The molecule has 0 aliphatic heterocycles. The number of rotatable bonds is 5. The van der Waals surface area contributed by atoms with Crippen LogP contribution in [0.5, 0.6) is 0 Å². The van der Waals surface area contributed by atoms with Crippen LogP contribution in [0.3, 0.4) is 0 Å². The molecule has 3 N–H and O–H groups in total. The van der Waals surface area contributed by atoms with Crippen LogP contribution in [0.1, 0.15) is 20.3 Å². The van der Waals surface area contributed by atoms with Gasteiger partial charge in [-0.2, -0.15) is 0 Å². The molecule has 0 radical (unpaired) electrons. The van der Waals surface area contributed by atoms with Crippen LogP contribution in [0.15, 0.2) is 24.3 Å². The summed E-state index contributed by atoms with van der Waals surface area (Å²) in [5, 5.41) is 4.16. The first-order valence-electron chi connectivity index (χ1n) is 5.39. The summed E-state index contributed by atoms with van der Waals surface area (Å²) in [7, 11) is 0. The van der Waals surface area contributed by atoms with Crippen LogP contribution in [0, 0.1) is 5.92 Å². The van der Waals surface area contributed by atoms with Gasteiger partial charge in [0, 0.05) is 23.3 Å². The van der Waals surface area contributed by atoms with Crippen molar-refractivity contribution in [2.45, 2.75) is 26.3 Å². The van der Waals surface area contributed by atoms with Gasteiger partial charge < -0.3 is 11.1 Å². The monoisotopic (exact) mass is 226 g/mol. The smallest absolute Gasteiger partial charge is 0.0426 e. The molecule has 0 aromatic heterocycles. The topological polar surface area (TPSA) is 38.0 Å². The van der Waals surface area contributed by atoms with E-state index >= 15 is 0 Å². The van der Waals surface area contributed by atoms with E-state index in [-0.39, 0.29) is 0 Å². The number of nitrogens with two attached hydrogens (primary N) is 1. The Balaban J connectivity index is 2.66. The van der Waals surface area contributed by atoms with E-state index in [2.05, 4.69) is 19.2 Å². The molecule has 0 aliphatic rings. The van der Waals surface area contributed by atoms with E-state index in [9.17, 15) is 0 Å². The van der Waals surface area contributed by atoms with Gasteiger partial charge in [-0.25, -0.2) is 0 Å². The van der Waals surface area contributed by atoms with Crippen LogP contribution < -0.4 is 11.1 Å². The van der Waals surface area contributed by atoms with Crippen molar-refractivity contribution in [2.24, 2.45) is 11.7 Å². The zero-order valence-corrected chi connectivity index (χ0v) is 10.1. The quantitative estimate of drug-likeness (QED) is 0.810. The molecule has 0 amide bonds. The van der Waals surface area contributed by atoms with Gasteiger partial charge in [0.25, 0.3) is 0 Å². The van der Waals surface area contributed by atoms with Gasteiger partial charge in [0.1, 0.15) is 0 Å². The van der Waals surface area contributed by atoms with Gasteiger partial charge in [-0.1, -0.05) is 37.9 Å². The third-order valence-corrected chi connectivity index (χ3v) is 3.00. The van der Waals surface area contributed by atoms with Crippen molar-refractivity contribution in [1.29, 1.82) is 0 Å². The van der Waals surface area contributed by atoms with Gasteiger partial charge in [-0.3, -0.25) is 0 Å². The lowest BCUT2D eigenvalue weighted by Gasteiger charge is -2.23. The Morgan fingerprint density at radius 3 is 2.73 bits per heavy atom. The molecule has 2 unspecified atom stereocenters. The Kier molecular flexibility index (Phi) is 4.92. The molecular weight excluding hydrogens is 208 g/mol. The van der Waals surface area contributed by atoms with Crippen molar-refractivity contribution in [3.8, 4) is 0 Å². The minimum Gasteiger partial charge on any atom is -0.381 e. The van der Waals surface area contributed by atoms with Crippen LogP contribution in [-0.4, -0.2) is 12.6 Å². The van der Waals surface area contributed by atoms with E-state index in [1.54, 1.807) is 0 Å². The van der Waals surface area contributed by atoms with Crippen LogP contribution in [0.25, 0.3) is 0 Å². The van der Waals surface area contributed by atoms with Crippen LogP contribution in [0.2, 0.25) is 5.02 Å². The van der Waals surface area contributed by atoms with Crippen molar-refractivity contribution in [2.75, 3.05) is 11.9 Å². The standard InChI is InChI=1S/C12H19ClN2/c1-3-9(2)12(8-14)15-11-6-4-5-10(13)7-11/h4-7,9,12,15H,3,8,14H2,1-2H3. The van der Waals surface area contributed by atoms with Crippen LogP contribution >= 0.6 is 11.6 Å². The molecule has 0 bridgehead atoms. The lowest BCUT2D eigenvalue weighted by Crippen LogP contribution is -2.34. The van der Waals surface area contributed by atoms with E-state index in [1.807, 2.05) is 24.3 Å². The Morgan fingerprint density at radius 1 is 1.47 bits per heavy atom. The Bertz CT molecular complexity index is 301. The number of anilines is 1. The van der Waals surface area contributed by atoms with E-state index in [0.717, 1.165) is 17.1 Å². The Labute approximate surface area is 96.8 Å². The zero-order valence-electron chi connectivity index (χ0n) is 9.33. The molecule has 0 fully saturated rings. The number of halogens is 1. The fraction of sp³-hybridized carbons (Fsp3) is 0.500. The highest BCUT2D eigenvalue weighted by Crippen LogP contribution is 2.18. The van der Waals surface area contributed by atoms with E-state index in [4.69, 9.17) is 17.3 Å². The molecule has 0 saturated heterocycles. The molecule has 1 rings (SSSR count). The minimum absolute atomic E-state index is 0.313. The second-order valence-corrected chi connectivity index (χ2v) is 4.32. The van der Waals surface area contributed by atoms with Crippen LogP contribution in [0.4, 0.5) is 5.69 Å². The summed E-state index contributed by atoms with van der Waals surface area (Å²) in [6.45, 7) is 5.02. The number of hydrogen-bond acceptors (Lipinski definition) is 2.